The summed E-state index contributed by atoms with van der Waals surface area (Å²) in [5, 5.41) is 0. The van der Waals surface area contributed by atoms with Crippen molar-refractivity contribution in [2.45, 2.75) is 48.4 Å². The zero-order valence-electron chi connectivity index (χ0n) is 19.9. The van der Waals surface area contributed by atoms with E-state index in [1.807, 2.05) is 4.72 Å². The Hall–Kier alpha value is -2.39. The van der Waals surface area contributed by atoms with Gasteiger partial charge in [0.25, 0.3) is 20.0 Å². The number of methoxy groups -OCH3 is 1. The third kappa shape index (κ3) is 4.76. The van der Waals surface area contributed by atoms with Gasteiger partial charge in [-0.3, -0.25) is 4.72 Å². The first-order chi connectivity index (χ1) is 17.5. The van der Waals surface area contributed by atoms with Gasteiger partial charge in [0.15, 0.2) is 0 Å². The Labute approximate surface area is 224 Å². The number of sulfonamides is 1. The zero-order valence-corrected chi connectivity index (χ0v) is 23.2. The Morgan fingerprint density at radius 3 is 2.47 bits per heavy atom. The summed E-state index contributed by atoms with van der Waals surface area (Å²) < 4.78 is 130. The molecule has 38 heavy (non-hydrogen) atoms. The molecule has 1 N–H and O–H groups in total. The molecule has 0 radical (unpaired) electrons. The molecule has 0 aliphatic heterocycles. The molecule has 2 atom stereocenters. The molecule has 0 fully saturated rings. The minimum absolute atomic E-state index is 0.0144. The van der Waals surface area contributed by atoms with E-state index < -0.39 is 78.4 Å². The number of ether oxygens (including phenoxy) is 1. The van der Waals surface area contributed by atoms with E-state index in [0.717, 1.165) is 6.20 Å². The van der Waals surface area contributed by atoms with E-state index in [1.165, 1.54) is 20.1 Å². The molecule has 0 amide bonds. The van der Waals surface area contributed by atoms with Crippen molar-refractivity contribution in [3.63, 3.8) is 0 Å². The van der Waals surface area contributed by atoms with Gasteiger partial charge in [0.1, 0.15) is 27.0 Å². The van der Waals surface area contributed by atoms with Crippen LogP contribution in [0.15, 0.2) is 51.7 Å². The lowest BCUT2D eigenvalue weighted by Crippen LogP contribution is -2.43. The molecule has 0 spiro atoms. The summed E-state index contributed by atoms with van der Waals surface area (Å²) in [7, 11) is -8.12. The average molecular weight is 645 g/mol. The standard InChI is InChI=1S/C23H22BrF5N2O5S2/c1-22(8-4-3-5-21(22)36-2)38(34,35)31-12-20(14-7-6-13(9-19(14)31)23(27,28)29)37(32,33)30-18-11-16(25)15(24)10-17(18)26/h3-5,10-13,30H,6-9H2,1-2H3/t13-,22?/m0/s1. The van der Waals surface area contributed by atoms with Crippen LogP contribution in [0.2, 0.25) is 0 Å². The number of fused-ring (bicyclic) bond motifs is 1. The van der Waals surface area contributed by atoms with E-state index in [0.29, 0.717) is 16.1 Å². The van der Waals surface area contributed by atoms with Crippen molar-refractivity contribution in [2.24, 2.45) is 5.92 Å². The molecule has 0 bridgehead atoms. The summed E-state index contributed by atoms with van der Waals surface area (Å²) in [4.78, 5) is -0.641. The quantitative estimate of drug-likeness (QED) is 0.335. The van der Waals surface area contributed by atoms with Crippen LogP contribution in [-0.4, -0.2) is 38.8 Å². The summed E-state index contributed by atoms with van der Waals surface area (Å²) in [6.07, 6.45) is -1.18. The van der Waals surface area contributed by atoms with E-state index in [2.05, 4.69) is 15.9 Å². The predicted molar refractivity (Wildman–Crippen MR) is 132 cm³/mol. The van der Waals surface area contributed by atoms with Crippen LogP contribution in [0.5, 0.6) is 0 Å². The van der Waals surface area contributed by atoms with Gasteiger partial charge in [-0.1, -0.05) is 12.2 Å². The van der Waals surface area contributed by atoms with Gasteiger partial charge in [0.05, 0.1) is 23.2 Å². The molecule has 208 valence electrons. The number of halogens is 6. The Morgan fingerprint density at radius 1 is 1.16 bits per heavy atom. The highest BCUT2D eigenvalue weighted by Gasteiger charge is 2.49. The zero-order chi connectivity index (χ0) is 28.3. The van der Waals surface area contributed by atoms with E-state index in [1.54, 1.807) is 12.2 Å². The maximum Gasteiger partial charge on any atom is 0.392 e. The molecule has 2 aromatic rings. The maximum atomic E-state index is 14.4. The number of aromatic nitrogens is 1. The van der Waals surface area contributed by atoms with Crippen LogP contribution in [0, 0.1) is 17.6 Å². The second kappa shape index (κ2) is 9.66. The molecule has 0 saturated heterocycles. The van der Waals surface area contributed by atoms with Crippen LogP contribution in [0.25, 0.3) is 0 Å². The first kappa shape index (κ1) is 28.6. The van der Waals surface area contributed by atoms with E-state index in [9.17, 15) is 38.8 Å². The maximum absolute atomic E-state index is 14.4. The summed E-state index contributed by atoms with van der Waals surface area (Å²) in [5.41, 5.74) is -1.24. The monoisotopic (exact) mass is 644 g/mol. The van der Waals surface area contributed by atoms with E-state index >= 15 is 0 Å². The highest BCUT2D eigenvalue weighted by molar-refractivity contribution is 9.10. The first-order valence-corrected chi connectivity index (χ1v) is 14.9. The third-order valence-corrected chi connectivity index (χ3v) is 11.2. The lowest BCUT2D eigenvalue weighted by atomic mass is 9.87. The van der Waals surface area contributed by atoms with E-state index in [-0.39, 0.29) is 27.9 Å². The second-order valence-corrected chi connectivity index (χ2v) is 13.9. The third-order valence-electron chi connectivity index (χ3n) is 6.80. The number of nitrogens with one attached hydrogen (secondary N) is 1. The minimum Gasteiger partial charge on any atom is -0.499 e. The highest BCUT2D eigenvalue weighted by Crippen LogP contribution is 2.43. The largest absolute Gasteiger partial charge is 0.499 e. The van der Waals surface area contributed by atoms with Gasteiger partial charge < -0.3 is 4.74 Å². The second-order valence-electron chi connectivity index (χ2n) is 9.15. The van der Waals surface area contributed by atoms with Crippen molar-refractivity contribution in [2.75, 3.05) is 11.8 Å². The lowest BCUT2D eigenvalue weighted by Gasteiger charge is -2.33. The SMILES string of the molecule is COC1=CC=CCC1(C)S(=O)(=O)n1cc(S(=O)(=O)Nc2cc(F)c(Br)cc2F)c2c1C[C@@H](C(F)(F)F)CC2. The number of anilines is 1. The van der Waals surface area contributed by atoms with Crippen LogP contribution in [-0.2, 0) is 37.6 Å². The van der Waals surface area contributed by atoms with Crippen LogP contribution in [0.4, 0.5) is 27.6 Å². The molecule has 1 aromatic carbocycles. The number of hydrogen-bond donors (Lipinski definition) is 1. The normalized spacial score (nSPS) is 22.1. The number of alkyl halides is 3. The lowest BCUT2D eigenvalue weighted by molar-refractivity contribution is -0.177. The van der Waals surface area contributed by atoms with Crippen LogP contribution in [0.3, 0.4) is 0 Å². The molecular weight excluding hydrogens is 623 g/mol. The number of hydrogen-bond acceptors (Lipinski definition) is 5. The van der Waals surface area contributed by atoms with Crippen LogP contribution in [0.1, 0.15) is 31.0 Å². The van der Waals surface area contributed by atoms with Gasteiger partial charge in [-0.05, 0) is 59.8 Å². The number of rotatable bonds is 6. The fraction of sp³-hybridized carbons (Fsp3) is 0.391. The van der Waals surface area contributed by atoms with Crippen LogP contribution < -0.4 is 4.72 Å². The molecule has 1 unspecified atom stereocenters. The Morgan fingerprint density at radius 2 is 1.84 bits per heavy atom. The molecule has 4 rings (SSSR count). The van der Waals surface area contributed by atoms with Gasteiger partial charge in [0, 0.05) is 24.4 Å². The Balaban J connectivity index is 1.90. The average Bonchev–Trinajstić information content (AvgIpc) is 3.23. The van der Waals surface area contributed by atoms with Gasteiger partial charge in [0.2, 0.25) is 0 Å². The Bertz CT molecular complexity index is 1570. The molecule has 1 aromatic heterocycles. The van der Waals surface area contributed by atoms with Gasteiger partial charge in [-0.25, -0.2) is 29.6 Å². The molecule has 0 saturated carbocycles. The van der Waals surface area contributed by atoms with Crippen molar-refractivity contribution in [1.82, 2.24) is 3.97 Å². The van der Waals surface area contributed by atoms with E-state index in [4.69, 9.17) is 4.74 Å². The van der Waals surface area contributed by atoms with Crippen LogP contribution >= 0.6 is 15.9 Å². The molecule has 15 heteroatoms. The molecule has 2 aliphatic carbocycles. The van der Waals surface area contributed by atoms with Crippen molar-refractivity contribution < 1.29 is 43.5 Å². The van der Waals surface area contributed by atoms with Gasteiger partial charge >= 0.3 is 6.18 Å². The van der Waals surface area contributed by atoms with Crippen molar-refractivity contribution in [3.8, 4) is 0 Å². The number of benzene rings is 1. The minimum atomic E-state index is -4.77. The number of nitrogens with zero attached hydrogens (tertiary/aromatic N) is 1. The summed E-state index contributed by atoms with van der Waals surface area (Å²) in [5.74, 6) is -4.00. The van der Waals surface area contributed by atoms with Crippen molar-refractivity contribution in [1.29, 1.82) is 0 Å². The topological polar surface area (TPSA) is 94.5 Å². The molecule has 7 nitrogen and oxygen atoms in total. The Kier molecular flexibility index (Phi) is 7.28. The van der Waals surface area contributed by atoms with Crippen molar-refractivity contribution in [3.05, 3.63) is 69.7 Å². The number of allylic oxidation sites excluding steroid dienone is 3. The fourth-order valence-electron chi connectivity index (χ4n) is 4.66. The van der Waals surface area contributed by atoms with Crippen molar-refractivity contribution >= 4 is 41.7 Å². The highest BCUT2D eigenvalue weighted by atomic mass is 79.9. The fourth-order valence-corrected chi connectivity index (χ4v) is 8.25. The summed E-state index contributed by atoms with van der Waals surface area (Å²) in [6, 6.07) is 1.28. The molecule has 2 aliphatic rings. The first-order valence-electron chi connectivity index (χ1n) is 11.2. The smallest absolute Gasteiger partial charge is 0.392 e. The summed E-state index contributed by atoms with van der Waals surface area (Å²) >= 11 is 2.78. The summed E-state index contributed by atoms with van der Waals surface area (Å²) in [6.45, 7) is 1.32. The van der Waals surface area contributed by atoms with Gasteiger partial charge in [-0.2, -0.15) is 13.2 Å². The van der Waals surface area contributed by atoms with Gasteiger partial charge in [-0.15, -0.1) is 0 Å². The molecule has 1 heterocycles. The molecular formula is C23H22BrF5N2O5S2. The predicted octanol–water partition coefficient (Wildman–Crippen LogP) is 5.42.